The molecule has 0 bridgehead atoms. The predicted octanol–water partition coefficient (Wildman–Crippen LogP) is 2.93. The van der Waals surface area contributed by atoms with E-state index in [-0.39, 0.29) is 17.4 Å². The monoisotopic (exact) mass is 365 g/mol. The van der Waals surface area contributed by atoms with Crippen LogP contribution in [-0.4, -0.2) is 32.9 Å². The Bertz CT molecular complexity index is 851. The second kappa shape index (κ2) is 6.15. The topological polar surface area (TPSA) is 69.4 Å². The Labute approximate surface area is 147 Å². The largest absolute Gasteiger partial charge is 0.383 e. The second-order valence-electron chi connectivity index (χ2n) is 6.36. The molecule has 1 saturated carbocycles. The molecule has 0 unspecified atom stereocenters. The van der Waals surface area contributed by atoms with Gasteiger partial charge in [0.05, 0.1) is 22.3 Å². The summed E-state index contributed by atoms with van der Waals surface area (Å²) in [7, 11) is -2.05. The van der Waals surface area contributed by atoms with Gasteiger partial charge in [0.1, 0.15) is 0 Å². The lowest BCUT2D eigenvalue weighted by atomic mass is 10.1. The minimum atomic E-state index is -3.57. The van der Waals surface area contributed by atoms with Gasteiger partial charge in [-0.2, -0.15) is 0 Å². The van der Waals surface area contributed by atoms with E-state index in [2.05, 4.69) is 0 Å². The average Bonchev–Trinajstić information content (AvgIpc) is 3.14. The van der Waals surface area contributed by atoms with Crippen molar-refractivity contribution >= 4 is 21.4 Å². The van der Waals surface area contributed by atoms with E-state index < -0.39 is 20.6 Å². The molecule has 0 aromatic heterocycles. The number of hydrogen-bond donors (Lipinski definition) is 1. The SMILES string of the molecule is COC[C@]1(N)[C@@H](c2cccc(Cl)c2)[C@@H]1S(=O)(=O)c1ccc(C)cc1. The molecule has 0 amide bonds. The summed E-state index contributed by atoms with van der Waals surface area (Å²) in [6, 6.07) is 14.0. The minimum Gasteiger partial charge on any atom is -0.383 e. The van der Waals surface area contributed by atoms with Crippen LogP contribution in [0.1, 0.15) is 17.0 Å². The van der Waals surface area contributed by atoms with Crippen molar-refractivity contribution in [1.29, 1.82) is 0 Å². The van der Waals surface area contributed by atoms with Crippen LogP contribution in [-0.2, 0) is 14.6 Å². The van der Waals surface area contributed by atoms with E-state index in [0.29, 0.717) is 5.02 Å². The number of nitrogens with two attached hydrogens (primary N) is 1. The number of methoxy groups -OCH3 is 1. The molecular formula is C18H20ClNO3S. The van der Waals surface area contributed by atoms with Crippen molar-refractivity contribution in [3.05, 3.63) is 64.7 Å². The quantitative estimate of drug-likeness (QED) is 0.884. The van der Waals surface area contributed by atoms with E-state index in [4.69, 9.17) is 22.1 Å². The number of benzene rings is 2. The molecule has 128 valence electrons. The molecule has 0 spiro atoms. The van der Waals surface area contributed by atoms with Gasteiger partial charge in [0, 0.05) is 18.1 Å². The van der Waals surface area contributed by atoms with Crippen molar-refractivity contribution in [1.82, 2.24) is 0 Å². The Hall–Kier alpha value is -1.40. The van der Waals surface area contributed by atoms with E-state index in [1.807, 2.05) is 13.0 Å². The van der Waals surface area contributed by atoms with Crippen molar-refractivity contribution in [2.45, 2.75) is 28.5 Å². The van der Waals surface area contributed by atoms with Crippen molar-refractivity contribution in [3.63, 3.8) is 0 Å². The highest BCUT2D eigenvalue weighted by Crippen LogP contribution is 2.56. The predicted molar refractivity (Wildman–Crippen MR) is 95.1 cm³/mol. The zero-order valence-corrected chi connectivity index (χ0v) is 15.1. The number of ether oxygens (including phenoxy) is 1. The van der Waals surface area contributed by atoms with Gasteiger partial charge in [-0.15, -0.1) is 0 Å². The first-order valence-electron chi connectivity index (χ1n) is 7.64. The van der Waals surface area contributed by atoms with Gasteiger partial charge in [-0.25, -0.2) is 8.42 Å². The molecule has 2 aromatic carbocycles. The number of halogens is 1. The summed E-state index contributed by atoms with van der Waals surface area (Å²) in [5, 5.41) is -0.170. The van der Waals surface area contributed by atoms with Gasteiger partial charge in [0.25, 0.3) is 0 Å². The third kappa shape index (κ3) is 2.86. The van der Waals surface area contributed by atoms with E-state index in [1.165, 1.54) is 7.11 Å². The minimum absolute atomic E-state index is 0.167. The third-order valence-corrected chi connectivity index (χ3v) is 7.13. The van der Waals surface area contributed by atoms with Crippen LogP contribution in [0.5, 0.6) is 0 Å². The molecule has 0 aliphatic heterocycles. The molecule has 3 rings (SSSR count). The first-order valence-corrected chi connectivity index (χ1v) is 9.57. The maximum Gasteiger partial charge on any atom is 0.183 e. The van der Waals surface area contributed by atoms with Crippen LogP contribution in [0.25, 0.3) is 0 Å². The first-order chi connectivity index (χ1) is 11.3. The molecule has 24 heavy (non-hydrogen) atoms. The summed E-state index contributed by atoms with van der Waals surface area (Å²) < 4.78 is 31.4. The molecule has 2 aromatic rings. The summed E-state index contributed by atoms with van der Waals surface area (Å²) in [5.41, 5.74) is 7.31. The van der Waals surface area contributed by atoms with Crippen LogP contribution >= 0.6 is 11.6 Å². The Balaban J connectivity index is 2.03. The number of hydrogen-bond acceptors (Lipinski definition) is 4. The van der Waals surface area contributed by atoms with E-state index in [1.54, 1.807) is 42.5 Å². The van der Waals surface area contributed by atoms with Gasteiger partial charge in [-0.3, -0.25) is 0 Å². The molecule has 0 heterocycles. The molecule has 1 aliphatic rings. The fourth-order valence-corrected chi connectivity index (χ4v) is 5.86. The highest BCUT2D eigenvalue weighted by molar-refractivity contribution is 7.92. The summed E-state index contributed by atoms with van der Waals surface area (Å²) in [5.74, 6) is -0.345. The average molecular weight is 366 g/mol. The Kier molecular flexibility index (Phi) is 4.47. The van der Waals surface area contributed by atoms with Crippen LogP contribution in [0.2, 0.25) is 5.02 Å². The molecule has 6 heteroatoms. The van der Waals surface area contributed by atoms with Crippen LogP contribution in [0.15, 0.2) is 53.4 Å². The van der Waals surface area contributed by atoms with E-state index in [0.717, 1.165) is 11.1 Å². The molecular weight excluding hydrogens is 346 g/mol. The highest BCUT2D eigenvalue weighted by atomic mass is 35.5. The van der Waals surface area contributed by atoms with Crippen LogP contribution < -0.4 is 5.73 Å². The van der Waals surface area contributed by atoms with Crippen molar-refractivity contribution in [2.24, 2.45) is 5.73 Å². The van der Waals surface area contributed by atoms with Gasteiger partial charge < -0.3 is 10.5 Å². The fourth-order valence-electron chi connectivity index (χ4n) is 3.37. The number of rotatable bonds is 5. The standard InChI is InChI=1S/C18H20ClNO3S/c1-12-6-8-15(9-7-12)24(21,22)17-16(18(17,20)11-23-2)13-4-3-5-14(19)10-13/h3-10,16-17H,11,20H2,1-2H3/t16-,17-,18-/m0/s1. The lowest BCUT2D eigenvalue weighted by Gasteiger charge is -2.11. The molecule has 2 N–H and O–H groups in total. The maximum absolute atomic E-state index is 13.1. The summed E-state index contributed by atoms with van der Waals surface area (Å²) in [6.45, 7) is 2.08. The zero-order valence-electron chi connectivity index (χ0n) is 13.6. The third-order valence-electron chi connectivity index (χ3n) is 4.59. The van der Waals surface area contributed by atoms with Crippen LogP contribution in [0, 0.1) is 6.92 Å². The molecule has 0 radical (unpaired) electrons. The lowest BCUT2D eigenvalue weighted by molar-refractivity contribution is 0.171. The van der Waals surface area contributed by atoms with Gasteiger partial charge in [-0.05, 0) is 36.8 Å². The van der Waals surface area contributed by atoms with Gasteiger partial charge in [-0.1, -0.05) is 41.4 Å². The number of aryl methyl sites for hydroxylation is 1. The van der Waals surface area contributed by atoms with Crippen LogP contribution in [0.4, 0.5) is 0 Å². The molecule has 0 saturated heterocycles. The van der Waals surface area contributed by atoms with E-state index >= 15 is 0 Å². The van der Waals surface area contributed by atoms with Gasteiger partial charge in [0.15, 0.2) is 9.84 Å². The second-order valence-corrected chi connectivity index (χ2v) is 8.86. The van der Waals surface area contributed by atoms with Crippen molar-refractivity contribution in [3.8, 4) is 0 Å². The highest BCUT2D eigenvalue weighted by Gasteiger charge is 2.69. The zero-order chi connectivity index (χ0) is 17.5. The number of sulfone groups is 1. The maximum atomic E-state index is 13.1. The molecule has 4 nitrogen and oxygen atoms in total. The van der Waals surface area contributed by atoms with E-state index in [9.17, 15) is 8.42 Å². The molecule has 3 atom stereocenters. The lowest BCUT2D eigenvalue weighted by Crippen LogP contribution is -2.35. The molecule has 1 aliphatic carbocycles. The Morgan fingerprint density at radius 2 is 1.88 bits per heavy atom. The van der Waals surface area contributed by atoms with Gasteiger partial charge >= 0.3 is 0 Å². The fraction of sp³-hybridized carbons (Fsp3) is 0.333. The summed E-state index contributed by atoms with van der Waals surface area (Å²) in [6.07, 6.45) is 0. The smallest absolute Gasteiger partial charge is 0.183 e. The Morgan fingerprint density at radius 1 is 1.21 bits per heavy atom. The summed E-state index contributed by atoms with van der Waals surface area (Å²) in [4.78, 5) is 0.286. The normalized spacial score (nSPS) is 26.3. The van der Waals surface area contributed by atoms with Crippen molar-refractivity contribution < 1.29 is 13.2 Å². The van der Waals surface area contributed by atoms with Crippen molar-refractivity contribution in [2.75, 3.05) is 13.7 Å². The molecule has 1 fully saturated rings. The first kappa shape index (κ1) is 17.4. The van der Waals surface area contributed by atoms with Gasteiger partial charge in [0.2, 0.25) is 0 Å². The Morgan fingerprint density at radius 3 is 2.46 bits per heavy atom. The van der Waals surface area contributed by atoms with Crippen LogP contribution in [0.3, 0.4) is 0 Å². The summed E-state index contributed by atoms with van der Waals surface area (Å²) >= 11 is 6.06.